The third-order valence-electron chi connectivity index (χ3n) is 3.54. The number of carbonyl (C=O) groups excluding carboxylic acids is 3. The van der Waals surface area contributed by atoms with Crippen LogP contribution in [0.3, 0.4) is 0 Å². The highest BCUT2D eigenvalue weighted by Gasteiger charge is 2.51. The van der Waals surface area contributed by atoms with Crippen LogP contribution in [-0.4, -0.2) is 52.4 Å². The van der Waals surface area contributed by atoms with Crippen LogP contribution in [-0.2, 0) is 33.3 Å². The van der Waals surface area contributed by atoms with Gasteiger partial charge in [0.2, 0.25) is 0 Å². The molecule has 0 aliphatic carbocycles. The molecular formula is C15H17BrN2O9. The second-order valence-electron chi connectivity index (χ2n) is 5.66. The Balaban J connectivity index is 2.47. The average Bonchev–Trinajstić information content (AvgIpc) is 2.85. The van der Waals surface area contributed by atoms with E-state index in [0.29, 0.717) is 0 Å². The minimum Gasteiger partial charge on any atom is -0.463 e. The fourth-order valence-corrected chi connectivity index (χ4v) is 2.89. The van der Waals surface area contributed by atoms with E-state index in [0.717, 1.165) is 24.6 Å². The van der Waals surface area contributed by atoms with Crippen LogP contribution in [0.5, 0.6) is 0 Å². The number of H-pyrrole nitrogens is 1. The first-order valence-electron chi connectivity index (χ1n) is 7.74. The van der Waals surface area contributed by atoms with Crippen molar-refractivity contribution in [3.8, 4) is 0 Å². The predicted octanol–water partition coefficient (Wildman–Crippen LogP) is -0.377. The molecule has 4 atom stereocenters. The molecule has 1 saturated heterocycles. The summed E-state index contributed by atoms with van der Waals surface area (Å²) in [5, 5.41) is 0. The summed E-state index contributed by atoms with van der Waals surface area (Å²) in [5.74, 6) is -2.00. The van der Waals surface area contributed by atoms with Crippen LogP contribution < -0.4 is 11.2 Å². The summed E-state index contributed by atoms with van der Waals surface area (Å²) in [6.45, 7) is 3.15. The summed E-state index contributed by atoms with van der Waals surface area (Å²) >= 11 is 3.00. The van der Waals surface area contributed by atoms with Gasteiger partial charge in [-0.15, -0.1) is 0 Å². The molecule has 0 amide bonds. The van der Waals surface area contributed by atoms with E-state index in [-0.39, 0.29) is 11.1 Å². The van der Waals surface area contributed by atoms with E-state index in [1.54, 1.807) is 0 Å². The van der Waals surface area contributed by atoms with E-state index in [2.05, 4.69) is 20.9 Å². The number of aromatic nitrogens is 2. The highest BCUT2D eigenvalue weighted by molar-refractivity contribution is 9.10. The zero-order valence-electron chi connectivity index (χ0n) is 14.6. The summed E-state index contributed by atoms with van der Waals surface area (Å²) in [4.78, 5) is 59.9. The van der Waals surface area contributed by atoms with Crippen LogP contribution >= 0.6 is 15.9 Å². The van der Waals surface area contributed by atoms with Crippen LogP contribution in [0.15, 0.2) is 20.3 Å². The predicted molar refractivity (Wildman–Crippen MR) is 90.7 cm³/mol. The number of halogens is 1. The topological polar surface area (TPSA) is 143 Å². The van der Waals surface area contributed by atoms with Gasteiger partial charge >= 0.3 is 23.6 Å². The monoisotopic (exact) mass is 448 g/mol. The molecular weight excluding hydrogens is 432 g/mol. The molecule has 0 aromatic carbocycles. The first-order chi connectivity index (χ1) is 12.6. The first kappa shape index (κ1) is 20.8. The van der Waals surface area contributed by atoms with Gasteiger partial charge in [0.25, 0.3) is 5.56 Å². The molecule has 148 valence electrons. The smallest absolute Gasteiger partial charge is 0.330 e. The van der Waals surface area contributed by atoms with Crippen molar-refractivity contribution in [1.82, 2.24) is 9.55 Å². The highest BCUT2D eigenvalue weighted by atomic mass is 79.9. The Hall–Kier alpha value is -2.47. The van der Waals surface area contributed by atoms with Gasteiger partial charge in [-0.1, -0.05) is 0 Å². The lowest BCUT2D eigenvalue weighted by atomic mass is 10.1. The van der Waals surface area contributed by atoms with Crippen molar-refractivity contribution in [3.05, 3.63) is 31.5 Å². The Morgan fingerprint density at radius 1 is 1.11 bits per heavy atom. The molecule has 1 N–H and O–H groups in total. The molecule has 2 heterocycles. The minimum absolute atomic E-state index is 0.0275. The van der Waals surface area contributed by atoms with Gasteiger partial charge in [0.15, 0.2) is 18.4 Å². The van der Waals surface area contributed by atoms with E-state index in [1.807, 2.05) is 0 Å². The Morgan fingerprint density at radius 2 is 1.70 bits per heavy atom. The molecule has 2 rings (SSSR count). The zero-order valence-corrected chi connectivity index (χ0v) is 16.2. The minimum atomic E-state index is -1.24. The van der Waals surface area contributed by atoms with E-state index in [9.17, 15) is 24.0 Å². The molecule has 27 heavy (non-hydrogen) atoms. The molecule has 0 saturated carbocycles. The van der Waals surface area contributed by atoms with Crippen molar-refractivity contribution in [1.29, 1.82) is 0 Å². The SMILES string of the molecule is CC(=O)OC[C@@H]1O[C@H](n2cc(Br)c(=O)[nH]c2=O)[C@@H](OC(C)=O)[C@@H]1OC(C)=O. The van der Waals surface area contributed by atoms with Crippen LogP contribution in [0.1, 0.15) is 27.0 Å². The molecule has 1 aliphatic rings. The van der Waals surface area contributed by atoms with Gasteiger partial charge in [-0.3, -0.25) is 28.7 Å². The molecule has 11 nitrogen and oxygen atoms in total. The molecule has 0 radical (unpaired) electrons. The van der Waals surface area contributed by atoms with Gasteiger partial charge in [-0.05, 0) is 15.9 Å². The van der Waals surface area contributed by atoms with E-state index in [1.165, 1.54) is 6.92 Å². The number of carbonyl (C=O) groups is 3. The largest absolute Gasteiger partial charge is 0.463 e. The van der Waals surface area contributed by atoms with Crippen molar-refractivity contribution in [2.75, 3.05) is 6.61 Å². The molecule has 1 aliphatic heterocycles. The highest BCUT2D eigenvalue weighted by Crippen LogP contribution is 2.33. The van der Waals surface area contributed by atoms with Gasteiger partial charge < -0.3 is 18.9 Å². The number of nitrogens with zero attached hydrogens (tertiary/aromatic N) is 1. The van der Waals surface area contributed by atoms with E-state index in [4.69, 9.17) is 18.9 Å². The van der Waals surface area contributed by atoms with Crippen molar-refractivity contribution >= 4 is 33.8 Å². The maximum absolute atomic E-state index is 12.2. The van der Waals surface area contributed by atoms with Gasteiger partial charge in [0.1, 0.15) is 12.7 Å². The number of hydrogen-bond acceptors (Lipinski definition) is 9. The lowest BCUT2D eigenvalue weighted by Gasteiger charge is -2.23. The lowest BCUT2D eigenvalue weighted by Crippen LogP contribution is -2.42. The van der Waals surface area contributed by atoms with Crippen LogP contribution in [0, 0.1) is 0 Å². The number of nitrogens with one attached hydrogen (secondary N) is 1. The molecule has 1 fully saturated rings. The zero-order chi connectivity index (χ0) is 20.3. The summed E-state index contributed by atoms with van der Waals surface area (Å²) in [6.07, 6.45) is -3.46. The molecule has 12 heteroatoms. The van der Waals surface area contributed by atoms with Gasteiger partial charge in [0, 0.05) is 27.0 Å². The van der Waals surface area contributed by atoms with Crippen molar-refractivity contribution < 1.29 is 33.3 Å². The summed E-state index contributed by atoms with van der Waals surface area (Å²) in [5.41, 5.74) is -1.49. The maximum atomic E-state index is 12.2. The average molecular weight is 449 g/mol. The number of hydrogen-bond donors (Lipinski definition) is 1. The molecule has 0 unspecified atom stereocenters. The van der Waals surface area contributed by atoms with Crippen molar-refractivity contribution in [3.63, 3.8) is 0 Å². The molecule has 0 bridgehead atoms. The number of aromatic amines is 1. The quantitative estimate of drug-likeness (QED) is 0.470. The van der Waals surface area contributed by atoms with Gasteiger partial charge in [0.05, 0.1) is 4.47 Å². The van der Waals surface area contributed by atoms with Gasteiger partial charge in [-0.25, -0.2) is 4.79 Å². The third-order valence-corrected chi connectivity index (χ3v) is 4.10. The van der Waals surface area contributed by atoms with E-state index >= 15 is 0 Å². The summed E-state index contributed by atoms with van der Waals surface area (Å²) in [6, 6.07) is 0. The van der Waals surface area contributed by atoms with Crippen LogP contribution in [0.25, 0.3) is 0 Å². The lowest BCUT2D eigenvalue weighted by molar-refractivity contribution is -0.166. The number of esters is 3. The molecule has 1 aromatic heterocycles. The molecule has 0 spiro atoms. The fourth-order valence-electron chi connectivity index (χ4n) is 2.57. The number of rotatable bonds is 5. The number of ether oxygens (including phenoxy) is 4. The van der Waals surface area contributed by atoms with Crippen LogP contribution in [0.2, 0.25) is 0 Å². The van der Waals surface area contributed by atoms with Gasteiger partial charge in [-0.2, -0.15) is 0 Å². The van der Waals surface area contributed by atoms with Crippen molar-refractivity contribution in [2.45, 2.75) is 45.3 Å². The third kappa shape index (κ3) is 5.04. The Labute approximate surface area is 160 Å². The second kappa shape index (κ2) is 8.48. The normalized spacial score (nSPS) is 24.3. The Bertz CT molecular complexity index is 862. The first-order valence-corrected chi connectivity index (χ1v) is 8.53. The van der Waals surface area contributed by atoms with E-state index < -0.39 is 53.7 Å². The maximum Gasteiger partial charge on any atom is 0.330 e. The Kier molecular flexibility index (Phi) is 6.54. The standard InChI is InChI=1S/C15H17BrN2O9/c1-6(19)24-5-10-11(25-7(2)20)12(26-8(3)21)14(27-10)18-4-9(16)13(22)17-15(18)23/h4,10-12,14H,5H2,1-3H3,(H,17,22,23)/t10-,11+,12-,14-/m0/s1. The van der Waals surface area contributed by atoms with Crippen LogP contribution in [0.4, 0.5) is 0 Å². The second-order valence-corrected chi connectivity index (χ2v) is 6.51. The summed E-state index contributed by atoms with van der Waals surface area (Å²) < 4.78 is 22.0. The molecule has 1 aromatic rings. The fraction of sp³-hybridized carbons (Fsp3) is 0.533. The Morgan fingerprint density at radius 3 is 2.26 bits per heavy atom. The van der Waals surface area contributed by atoms with Crippen molar-refractivity contribution in [2.24, 2.45) is 0 Å². The summed E-state index contributed by atoms with van der Waals surface area (Å²) in [7, 11) is 0.